The minimum Gasteiger partial charge on any atom is -0.330 e. The van der Waals surface area contributed by atoms with Crippen molar-refractivity contribution < 1.29 is 9.18 Å². The molecule has 0 aliphatic carbocycles. The fraction of sp³-hybridized carbons (Fsp3) is 0.562. The molecule has 0 saturated heterocycles. The lowest BCUT2D eigenvalue weighted by Gasteiger charge is -2.14. The minimum absolute atomic E-state index is 0.0978. The number of halogens is 1. The molecular weight excluding hydrogens is 241 g/mol. The Morgan fingerprint density at radius 2 is 2.05 bits per heavy atom. The van der Waals surface area contributed by atoms with Crippen LogP contribution in [0, 0.1) is 18.7 Å². The highest BCUT2D eigenvalue weighted by Crippen LogP contribution is 2.20. The second-order valence-electron chi connectivity index (χ2n) is 5.18. The van der Waals surface area contributed by atoms with E-state index in [1.54, 1.807) is 12.1 Å². The summed E-state index contributed by atoms with van der Waals surface area (Å²) in [5.74, 6) is -0.0346. The molecule has 1 unspecified atom stereocenters. The van der Waals surface area contributed by atoms with Crippen molar-refractivity contribution in [1.82, 2.24) is 0 Å². The molecular formula is C16H24FNO. The highest BCUT2D eigenvalue weighted by Gasteiger charge is 2.14. The number of ketones is 1. The maximum atomic E-state index is 13.6. The lowest BCUT2D eigenvalue weighted by Crippen LogP contribution is -2.11. The predicted octanol–water partition coefficient (Wildman–Crippen LogP) is 3.86. The first-order valence-electron chi connectivity index (χ1n) is 7.07. The fourth-order valence-electron chi connectivity index (χ4n) is 2.40. The standard InChI is InChI=1S/C16H24FNO/c1-3-4-13(9-10-18)6-8-16(19)14-11-12(2)5-7-15(14)17/h5,7,11,13H,3-4,6,8-10,18H2,1-2H3. The van der Waals surface area contributed by atoms with Crippen LogP contribution in [0.15, 0.2) is 18.2 Å². The number of carbonyl (C=O) groups excluding carboxylic acids is 1. The van der Waals surface area contributed by atoms with Gasteiger partial charge in [-0.25, -0.2) is 4.39 Å². The second-order valence-corrected chi connectivity index (χ2v) is 5.18. The van der Waals surface area contributed by atoms with Gasteiger partial charge in [0.25, 0.3) is 0 Å². The van der Waals surface area contributed by atoms with Gasteiger partial charge in [0.2, 0.25) is 0 Å². The predicted molar refractivity (Wildman–Crippen MR) is 76.8 cm³/mol. The fourth-order valence-corrected chi connectivity index (χ4v) is 2.40. The summed E-state index contributed by atoms with van der Waals surface area (Å²) >= 11 is 0. The average molecular weight is 265 g/mol. The molecule has 1 rings (SSSR count). The molecule has 2 N–H and O–H groups in total. The number of carbonyl (C=O) groups is 1. The van der Waals surface area contributed by atoms with Crippen LogP contribution in [0.25, 0.3) is 0 Å². The Balaban J connectivity index is 2.61. The maximum absolute atomic E-state index is 13.6. The third-order valence-electron chi connectivity index (χ3n) is 3.47. The topological polar surface area (TPSA) is 43.1 Å². The number of hydrogen-bond acceptors (Lipinski definition) is 2. The SMILES string of the molecule is CCCC(CCN)CCC(=O)c1cc(C)ccc1F. The van der Waals surface area contributed by atoms with Crippen LogP contribution in [0.3, 0.4) is 0 Å². The number of Topliss-reactive ketones (excluding diaryl/α,β-unsaturated/α-hetero) is 1. The Labute approximate surface area is 115 Å². The van der Waals surface area contributed by atoms with Crippen LogP contribution in [-0.4, -0.2) is 12.3 Å². The summed E-state index contributed by atoms with van der Waals surface area (Å²) in [5, 5.41) is 0. The number of rotatable bonds is 8. The number of nitrogens with two attached hydrogens (primary N) is 1. The van der Waals surface area contributed by atoms with Crippen molar-refractivity contribution in [3.8, 4) is 0 Å². The largest absolute Gasteiger partial charge is 0.330 e. The van der Waals surface area contributed by atoms with E-state index in [4.69, 9.17) is 5.73 Å². The van der Waals surface area contributed by atoms with Crippen molar-refractivity contribution in [3.63, 3.8) is 0 Å². The molecule has 0 spiro atoms. The van der Waals surface area contributed by atoms with Gasteiger partial charge in [-0.3, -0.25) is 4.79 Å². The monoisotopic (exact) mass is 265 g/mol. The minimum atomic E-state index is -0.415. The van der Waals surface area contributed by atoms with Gasteiger partial charge in [-0.1, -0.05) is 31.4 Å². The summed E-state index contributed by atoms with van der Waals surface area (Å²) < 4.78 is 13.6. The van der Waals surface area contributed by atoms with Gasteiger partial charge in [-0.15, -0.1) is 0 Å². The summed E-state index contributed by atoms with van der Waals surface area (Å²) in [6.45, 7) is 4.65. The highest BCUT2D eigenvalue weighted by atomic mass is 19.1. The Hall–Kier alpha value is -1.22. The van der Waals surface area contributed by atoms with Crippen LogP contribution in [-0.2, 0) is 0 Å². The molecule has 0 fully saturated rings. The zero-order valence-corrected chi connectivity index (χ0v) is 11.9. The van der Waals surface area contributed by atoms with E-state index in [-0.39, 0.29) is 11.3 Å². The van der Waals surface area contributed by atoms with E-state index in [0.717, 1.165) is 31.2 Å². The molecule has 106 valence electrons. The van der Waals surface area contributed by atoms with E-state index < -0.39 is 5.82 Å². The molecule has 1 aromatic carbocycles. The van der Waals surface area contributed by atoms with Crippen molar-refractivity contribution in [1.29, 1.82) is 0 Å². The third kappa shape index (κ3) is 5.11. The van der Waals surface area contributed by atoms with Gasteiger partial charge in [0.1, 0.15) is 5.82 Å². The molecule has 0 aliphatic heterocycles. The quantitative estimate of drug-likeness (QED) is 0.725. The summed E-state index contributed by atoms with van der Waals surface area (Å²) in [6.07, 6.45) is 4.33. The van der Waals surface area contributed by atoms with Crippen molar-refractivity contribution >= 4 is 5.78 Å². The highest BCUT2D eigenvalue weighted by molar-refractivity contribution is 5.96. The Kier molecular flexibility index (Phi) is 6.71. The molecule has 0 amide bonds. The van der Waals surface area contributed by atoms with Gasteiger partial charge in [0.05, 0.1) is 5.56 Å². The Morgan fingerprint density at radius 1 is 1.32 bits per heavy atom. The van der Waals surface area contributed by atoms with Crippen molar-refractivity contribution in [2.24, 2.45) is 11.7 Å². The van der Waals surface area contributed by atoms with Crippen LogP contribution < -0.4 is 5.73 Å². The molecule has 0 bridgehead atoms. The van der Waals surface area contributed by atoms with Gasteiger partial charge in [0, 0.05) is 6.42 Å². The van der Waals surface area contributed by atoms with E-state index in [1.165, 1.54) is 6.07 Å². The summed E-state index contributed by atoms with van der Waals surface area (Å²) in [4.78, 5) is 12.1. The molecule has 0 aliphatic rings. The molecule has 0 radical (unpaired) electrons. The van der Waals surface area contributed by atoms with E-state index in [2.05, 4.69) is 6.92 Å². The van der Waals surface area contributed by atoms with Gasteiger partial charge < -0.3 is 5.73 Å². The van der Waals surface area contributed by atoms with E-state index >= 15 is 0 Å². The van der Waals surface area contributed by atoms with Crippen molar-refractivity contribution in [3.05, 3.63) is 35.1 Å². The summed E-state index contributed by atoms with van der Waals surface area (Å²) in [7, 11) is 0. The van der Waals surface area contributed by atoms with Crippen LogP contribution in [0.1, 0.15) is 54.9 Å². The van der Waals surface area contributed by atoms with E-state index in [0.29, 0.717) is 18.9 Å². The summed E-state index contributed by atoms with van der Waals surface area (Å²) in [6, 6.07) is 4.68. The molecule has 3 heteroatoms. The Bertz CT molecular complexity index is 411. The first kappa shape index (κ1) is 15.8. The van der Waals surface area contributed by atoms with Crippen LogP contribution >= 0.6 is 0 Å². The van der Waals surface area contributed by atoms with Gasteiger partial charge in [-0.2, -0.15) is 0 Å². The third-order valence-corrected chi connectivity index (χ3v) is 3.47. The number of benzene rings is 1. The van der Waals surface area contributed by atoms with Crippen LogP contribution in [0.5, 0.6) is 0 Å². The first-order valence-corrected chi connectivity index (χ1v) is 7.07. The molecule has 19 heavy (non-hydrogen) atoms. The molecule has 0 aromatic heterocycles. The lowest BCUT2D eigenvalue weighted by molar-refractivity contribution is 0.0968. The van der Waals surface area contributed by atoms with Gasteiger partial charge in [-0.05, 0) is 44.4 Å². The molecule has 0 heterocycles. The average Bonchev–Trinajstić information content (AvgIpc) is 2.39. The summed E-state index contributed by atoms with van der Waals surface area (Å²) in [5.41, 5.74) is 6.71. The second kappa shape index (κ2) is 8.05. The van der Waals surface area contributed by atoms with Crippen molar-refractivity contribution in [2.45, 2.75) is 46.0 Å². The maximum Gasteiger partial charge on any atom is 0.165 e. The number of aryl methyl sites for hydroxylation is 1. The molecule has 1 aromatic rings. The zero-order valence-electron chi connectivity index (χ0n) is 11.9. The van der Waals surface area contributed by atoms with E-state index in [9.17, 15) is 9.18 Å². The van der Waals surface area contributed by atoms with Gasteiger partial charge in [0.15, 0.2) is 5.78 Å². The van der Waals surface area contributed by atoms with Crippen LogP contribution in [0.4, 0.5) is 4.39 Å². The first-order chi connectivity index (χ1) is 9.08. The normalized spacial score (nSPS) is 12.4. The Morgan fingerprint density at radius 3 is 2.68 bits per heavy atom. The lowest BCUT2D eigenvalue weighted by atomic mass is 9.92. The number of hydrogen-bond donors (Lipinski definition) is 1. The van der Waals surface area contributed by atoms with Crippen molar-refractivity contribution in [2.75, 3.05) is 6.54 Å². The smallest absolute Gasteiger partial charge is 0.165 e. The zero-order chi connectivity index (χ0) is 14.3. The van der Waals surface area contributed by atoms with Gasteiger partial charge >= 0.3 is 0 Å². The molecule has 2 nitrogen and oxygen atoms in total. The molecule has 0 saturated carbocycles. The van der Waals surface area contributed by atoms with Crippen LogP contribution in [0.2, 0.25) is 0 Å². The molecule has 1 atom stereocenters. The van der Waals surface area contributed by atoms with E-state index in [1.807, 2.05) is 6.92 Å².